The highest BCUT2D eigenvalue weighted by atomic mass is 19.4. The molecule has 1 aliphatic carbocycles. The highest BCUT2D eigenvalue weighted by Crippen LogP contribution is 2.46. The third-order valence-electron chi connectivity index (χ3n) is 4.56. The predicted octanol–water partition coefficient (Wildman–Crippen LogP) is 5.40. The van der Waals surface area contributed by atoms with Crippen LogP contribution in [-0.4, -0.2) is 13.0 Å². The Morgan fingerprint density at radius 1 is 0.931 bits per heavy atom. The summed E-state index contributed by atoms with van der Waals surface area (Å²) < 4.78 is 79.6. The number of nitrogens with one attached hydrogen (secondary N) is 3. The van der Waals surface area contributed by atoms with Crippen LogP contribution < -0.4 is 16.2 Å². The molecule has 0 aromatic heterocycles. The van der Waals surface area contributed by atoms with Crippen molar-refractivity contribution in [3.05, 3.63) is 58.7 Å². The average molecular weight is 417 g/mol. The summed E-state index contributed by atoms with van der Waals surface area (Å²) in [6.07, 6.45) is -8.03. The Kier molecular flexibility index (Phi) is 5.38. The Morgan fingerprint density at radius 2 is 1.59 bits per heavy atom. The summed E-state index contributed by atoms with van der Waals surface area (Å²) in [7, 11) is 1.45. The number of hydrogen-bond acceptors (Lipinski definition) is 3. The molecule has 0 unspecified atom stereocenters. The first-order chi connectivity index (χ1) is 13.5. The first kappa shape index (κ1) is 20.8. The van der Waals surface area contributed by atoms with E-state index in [1.807, 2.05) is 5.43 Å². The molecule has 1 amide bonds. The Labute approximate surface area is 162 Å². The number of carbonyl (C=O) groups excluding carboxylic acids is 1. The maximum Gasteiger partial charge on any atom is 0.418 e. The first-order valence-electron chi connectivity index (χ1n) is 8.67. The van der Waals surface area contributed by atoms with Crippen LogP contribution in [0, 0.1) is 0 Å². The number of amides is 1. The average Bonchev–Trinajstić information content (AvgIpc) is 3.49. The summed E-state index contributed by atoms with van der Waals surface area (Å²) in [6, 6.07) is 6.51. The van der Waals surface area contributed by atoms with Crippen molar-refractivity contribution in [2.45, 2.75) is 31.1 Å². The van der Waals surface area contributed by atoms with Crippen molar-refractivity contribution >= 4 is 17.3 Å². The largest absolute Gasteiger partial charge is 0.418 e. The van der Waals surface area contributed by atoms with Gasteiger partial charge >= 0.3 is 12.4 Å². The van der Waals surface area contributed by atoms with Gasteiger partial charge in [-0.3, -0.25) is 15.6 Å². The van der Waals surface area contributed by atoms with Gasteiger partial charge in [0.25, 0.3) is 5.91 Å². The molecule has 0 spiro atoms. The number of alkyl halides is 6. The molecule has 1 saturated carbocycles. The summed E-state index contributed by atoms with van der Waals surface area (Å²) in [5, 5.41) is 2.58. The highest BCUT2D eigenvalue weighted by molar-refractivity contribution is 5.95. The van der Waals surface area contributed by atoms with E-state index in [0.717, 1.165) is 18.2 Å². The van der Waals surface area contributed by atoms with Crippen molar-refractivity contribution < 1.29 is 31.1 Å². The molecule has 156 valence electrons. The van der Waals surface area contributed by atoms with Crippen LogP contribution in [0.5, 0.6) is 0 Å². The lowest BCUT2D eigenvalue weighted by atomic mass is 9.99. The fourth-order valence-electron chi connectivity index (χ4n) is 2.93. The van der Waals surface area contributed by atoms with Crippen molar-refractivity contribution in [1.82, 2.24) is 5.43 Å². The summed E-state index contributed by atoms with van der Waals surface area (Å²) >= 11 is 0. The van der Waals surface area contributed by atoms with Gasteiger partial charge in [-0.25, -0.2) is 0 Å². The van der Waals surface area contributed by atoms with E-state index in [2.05, 4.69) is 10.7 Å². The predicted molar refractivity (Wildman–Crippen MR) is 95.5 cm³/mol. The molecular weight excluding hydrogens is 400 g/mol. The third kappa shape index (κ3) is 4.75. The van der Waals surface area contributed by atoms with E-state index in [4.69, 9.17) is 0 Å². The van der Waals surface area contributed by atoms with Gasteiger partial charge in [-0.05, 0) is 54.7 Å². The molecule has 0 radical (unpaired) electrons. The topological polar surface area (TPSA) is 53.2 Å². The van der Waals surface area contributed by atoms with Crippen LogP contribution in [-0.2, 0) is 12.4 Å². The molecule has 3 rings (SSSR count). The Hall–Kier alpha value is -2.91. The van der Waals surface area contributed by atoms with Gasteiger partial charge in [0.05, 0.1) is 16.8 Å². The zero-order chi connectivity index (χ0) is 21.4. The van der Waals surface area contributed by atoms with E-state index >= 15 is 0 Å². The molecule has 1 aliphatic rings. The van der Waals surface area contributed by atoms with Crippen molar-refractivity contribution in [3.8, 4) is 0 Å². The molecular formula is C19H17F6N3O. The SMILES string of the molecule is CNc1ccc(NNC(=O)c2ccc(C3CC3)c(C(F)(F)F)c2)c(C(F)(F)F)c1. The Morgan fingerprint density at radius 3 is 2.14 bits per heavy atom. The second-order valence-corrected chi connectivity index (χ2v) is 6.66. The van der Waals surface area contributed by atoms with Gasteiger partial charge in [0.15, 0.2) is 0 Å². The molecule has 0 saturated heterocycles. The van der Waals surface area contributed by atoms with Gasteiger partial charge in [-0.15, -0.1) is 0 Å². The normalized spacial score (nSPS) is 14.4. The maximum absolute atomic E-state index is 13.3. The molecule has 2 aromatic carbocycles. The van der Waals surface area contributed by atoms with Crippen LogP contribution in [0.3, 0.4) is 0 Å². The van der Waals surface area contributed by atoms with E-state index in [1.165, 1.54) is 25.2 Å². The fourth-order valence-corrected chi connectivity index (χ4v) is 2.93. The van der Waals surface area contributed by atoms with Gasteiger partial charge < -0.3 is 5.32 Å². The minimum Gasteiger partial charge on any atom is -0.388 e. The van der Waals surface area contributed by atoms with E-state index < -0.39 is 35.1 Å². The van der Waals surface area contributed by atoms with E-state index in [-0.39, 0.29) is 22.7 Å². The molecule has 0 aliphatic heterocycles. The van der Waals surface area contributed by atoms with Crippen LogP contribution in [0.2, 0.25) is 0 Å². The number of rotatable bonds is 5. The lowest BCUT2D eigenvalue weighted by molar-refractivity contribution is -0.138. The quantitative estimate of drug-likeness (QED) is 0.451. The molecule has 0 heterocycles. The lowest BCUT2D eigenvalue weighted by Crippen LogP contribution is -2.31. The van der Waals surface area contributed by atoms with Gasteiger partial charge in [0, 0.05) is 18.3 Å². The zero-order valence-corrected chi connectivity index (χ0v) is 15.1. The van der Waals surface area contributed by atoms with Gasteiger partial charge in [0.1, 0.15) is 0 Å². The molecule has 1 fully saturated rings. The van der Waals surface area contributed by atoms with Crippen molar-refractivity contribution in [2.24, 2.45) is 0 Å². The van der Waals surface area contributed by atoms with Crippen LogP contribution in [0.25, 0.3) is 0 Å². The van der Waals surface area contributed by atoms with E-state index in [1.54, 1.807) is 0 Å². The molecule has 0 bridgehead atoms. The zero-order valence-electron chi connectivity index (χ0n) is 15.1. The van der Waals surface area contributed by atoms with Crippen molar-refractivity contribution in [3.63, 3.8) is 0 Å². The van der Waals surface area contributed by atoms with E-state index in [0.29, 0.717) is 12.8 Å². The Balaban J connectivity index is 1.81. The molecule has 10 heteroatoms. The smallest absolute Gasteiger partial charge is 0.388 e. The lowest BCUT2D eigenvalue weighted by Gasteiger charge is -2.17. The summed E-state index contributed by atoms with van der Waals surface area (Å²) in [6.45, 7) is 0. The second kappa shape index (κ2) is 7.49. The van der Waals surface area contributed by atoms with Crippen LogP contribution in [0.1, 0.15) is 45.8 Å². The summed E-state index contributed by atoms with van der Waals surface area (Å²) in [4.78, 5) is 12.2. The third-order valence-corrected chi connectivity index (χ3v) is 4.56. The van der Waals surface area contributed by atoms with Crippen LogP contribution >= 0.6 is 0 Å². The summed E-state index contributed by atoms with van der Waals surface area (Å²) in [5.41, 5.74) is 1.83. The van der Waals surface area contributed by atoms with Crippen molar-refractivity contribution in [2.75, 3.05) is 17.8 Å². The second-order valence-electron chi connectivity index (χ2n) is 6.66. The van der Waals surface area contributed by atoms with Gasteiger partial charge in [-0.1, -0.05) is 6.07 Å². The van der Waals surface area contributed by atoms with Crippen LogP contribution in [0.4, 0.5) is 37.7 Å². The number of hydrogen-bond donors (Lipinski definition) is 3. The summed E-state index contributed by atoms with van der Waals surface area (Å²) in [5.74, 6) is -1.16. The number of carbonyl (C=O) groups is 1. The number of anilines is 2. The van der Waals surface area contributed by atoms with Crippen LogP contribution in [0.15, 0.2) is 36.4 Å². The first-order valence-corrected chi connectivity index (χ1v) is 8.67. The van der Waals surface area contributed by atoms with Gasteiger partial charge in [-0.2, -0.15) is 26.3 Å². The van der Waals surface area contributed by atoms with E-state index in [9.17, 15) is 31.1 Å². The minimum absolute atomic E-state index is 0.129. The maximum atomic E-state index is 13.3. The van der Waals surface area contributed by atoms with Gasteiger partial charge in [0.2, 0.25) is 0 Å². The molecule has 0 atom stereocenters. The standard InChI is InChI=1S/C19H17F6N3O/c1-26-12-5-7-16(15(9-12)19(23,24)25)27-28-17(29)11-4-6-13(10-2-3-10)14(8-11)18(20,21)22/h4-10,26-27H,2-3H2,1H3,(H,28,29). The van der Waals surface area contributed by atoms with Crippen molar-refractivity contribution in [1.29, 1.82) is 0 Å². The fraction of sp³-hybridized carbons (Fsp3) is 0.316. The minimum atomic E-state index is -4.70. The molecule has 29 heavy (non-hydrogen) atoms. The molecule has 2 aromatic rings. The number of benzene rings is 2. The molecule has 4 nitrogen and oxygen atoms in total. The number of hydrazine groups is 1. The monoisotopic (exact) mass is 417 g/mol. The Bertz CT molecular complexity index is 919. The number of halogens is 6. The highest BCUT2D eigenvalue weighted by Gasteiger charge is 2.38. The molecule has 3 N–H and O–H groups in total.